The summed E-state index contributed by atoms with van der Waals surface area (Å²) in [7, 11) is 0. The Kier molecular flexibility index (Phi) is 3.68. The van der Waals surface area contributed by atoms with Gasteiger partial charge in [-0.15, -0.1) is 0 Å². The number of H-pyrrole nitrogens is 1. The van der Waals surface area contributed by atoms with Gasteiger partial charge in [0.1, 0.15) is 11.4 Å². The number of carbonyl (C=O) groups is 1. The van der Waals surface area contributed by atoms with Crippen LogP contribution in [-0.4, -0.2) is 35.9 Å². The Morgan fingerprint density at radius 2 is 2.24 bits per heavy atom. The first kappa shape index (κ1) is 15.3. The third-order valence-electron chi connectivity index (χ3n) is 4.19. The van der Waals surface area contributed by atoms with Crippen LogP contribution >= 0.6 is 0 Å². The van der Waals surface area contributed by atoms with E-state index in [4.69, 9.17) is 4.52 Å². The number of nitrogens with one attached hydrogen (secondary N) is 1. The Bertz CT molecular complexity index is 983. The highest BCUT2D eigenvalue weighted by Crippen LogP contribution is 2.19. The predicted molar refractivity (Wildman–Crippen MR) is 85.2 cm³/mol. The highest BCUT2D eigenvalue weighted by Gasteiger charge is 2.23. The van der Waals surface area contributed by atoms with Gasteiger partial charge in [0.15, 0.2) is 0 Å². The molecule has 0 unspecified atom stereocenters. The summed E-state index contributed by atoms with van der Waals surface area (Å²) in [4.78, 5) is 32.4. The quantitative estimate of drug-likeness (QED) is 0.727. The topological polar surface area (TPSA) is 127 Å². The van der Waals surface area contributed by atoms with Gasteiger partial charge >= 0.3 is 0 Å². The second kappa shape index (κ2) is 6.00. The van der Waals surface area contributed by atoms with Crippen LogP contribution in [-0.2, 0) is 19.3 Å². The fourth-order valence-electron chi connectivity index (χ4n) is 2.97. The summed E-state index contributed by atoms with van der Waals surface area (Å²) in [5, 5.41) is 15.7. The van der Waals surface area contributed by atoms with Gasteiger partial charge in [-0.1, -0.05) is 5.16 Å². The molecule has 25 heavy (non-hydrogen) atoms. The van der Waals surface area contributed by atoms with Crippen LogP contribution in [0.1, 0.15) is 34.8 Å². The van der Waals surface area contributed by atoms with E-state index in [1.807, 2.05) is 0 Å². The van der Waals surface area contributed by atoms with Crippen LogP contribution in [0.25, 0.3) is 11.5 Å². The smallest absolute Gasteiger partial charge is 0.267 e. The predicted octanol–water partition coefficient (Wildman–Crippen LogP) is 1.09. The Hall–Kier alpha value is -3.23. The molecule has 0 aliphatic heterocycles. The van der Waals surface area contributed by atoms with Crippen LogP contribution in [0, 0.1) is 0 Å². The molecule has 9 heteroatoms. The molecule has 1 aliphatic rings. The van der Waals surface area contributed by atoms with E-state index in [9.17, 15) is 14.7 Å². The van der Waals surface area contributed by atoms with E-state index < -0.39 is 0 Å². The molecular weight excluding hydrogens is 326 g/mol. The lowest BCUT2D eigenvalue weighted by atomic mass is 10.2. The highest BCUT2D eigenvalue weighted by molar-refractivity contribution is 5.79. The maximum Gasteiger partial charge on any atom is 0.267 e. The molecular formula is C16H15N5O4. The lowest BCUT2D eigenvalue weighted by molar-refractivity contribution is 0.0879. The number of nitrogens with zero attached hydrogens (tertiary/aromatic N) is 4. The van der Waals surface area contributed by atoms with Crippen molar-refractivity contribution >= 4 is 5.91 Å². The zero-order chi connectivity index (χ0) is 17.4. The molecule has 9 nitrogen and oxygen atoms in total. The minimum Gasteiger partial charge on any atom is -0.506 e. The van der Waals surface area contributed by atoms with Gasteiger partial charge in [-0.2, -0.15) is 4.98 Å². The maximum absolute atomic E-state index is 12.4. The van der Waals surface area contributed by atoms with E-state index in [2.05, 4.69) is 20.2 Å². The van der Waals surface area contributed by atoms with Crippen LogP contribution in [0.2, 0.25) is 0 Å². The summed E-state index contributed by atoms with van der Waals surface area (Å²) < 4.78 is 6.49. The van der Waals surface area contributed by atoms with Crippen molar-refractivity contribution in [1.29, 1.82) is 0 Å². The number of aromatic amines is 1. The molecule has 1 aliphatic carbocycles. The summed E-state index contributed by atoms with van der Waals surface area (Å²) in [6.07, 6.45) is 4.04. The molecule has 4 rings (SSSR count). The van der Waals surface area contributed by atoms with Gasteiger partial charge in [0.05, 0.1) is 11.9 Å². The molecule has 0 atom stereocenters. The standard InChI is InChI=1S/C16H15N5O4/c22-9-4-5-11(17-8-9)15-18-13(25-20-15)6-7-14(23)21-12-3-1-2-10(12)16(24)19-21/h4-5,8,22H,1-3,6-7H2,(H,19,24). The van der Waals surface area contributed by atoms with Gasteiger partial charge in [0.25, 0.3) is 5.56 Å². The van der Waals surface area contributed by atoms with Crippen molar-refractivity contribution in [3.63, 3.8) is 0 Å². The third kappa shape index (κ3) is 2.84. The van der Waals surface area contributed by atoms with Gasteiger partial charge in [0, 0.05) is 18.4 Å². The SMILES string of the molecule is O=C(CCc1nc(-c2ccc(O)cn2)no1)n1[nH]c(=O)c2c1CCC2. The average Bonchev–Trinajstić information content (AvgIpc) is 3.32. The first-order valence-electron chi connectivity index (χ1n) is 7.96. The molecule has 3 heterocycles. The lowest BCUT2D eigenvalue weighted by Crippen LogP contribution is -2.18. The number of aromatic nitrogens is 5. The van der Waals surface area contributed by atoms with Crippen LogP contribution in [0.3, 0.4) is 0 Å². The van der Waals surface area contributed by atoms with E-state index in [1.165, 1.54) is 16.9 Å². The molecule has 3 aromatic rings. The fourth-order valence-corrected chi connectivity index (χ4v) is 2.97. The van der Waals surface area contributed by atoms with Crippen LogP contribution < -0.4 is 5.56 Å². The van der Waals surface area contributed by atoms with E-state index >= 15 is 0 Å². The first-order valence-corrected chi connectivity index (χ1v) is 7.96. The molecule has 0 spiro atoms. The second-order valence-electron chi connectivity index (χ2n) is 5.86. The van der Waals surface area contributed by atoms with Gasteiger partial charge in [-0.3, -0.25) is 14.7 Å². The highest BCUT2D eigenvalue weighted by atomic mass is 16.5. The molecule has 0 radical (unpaired) electrons. The van der Waals surface area contributed by atoms with Gasteiger partial charge in [-0.05, 0) is 31.4 Å². The number of pyridine rings is 1. The maximum atomic E-state index is 12.4. The third-order valence-corrected chi connectivity index (χ3v) is 4.19. The fraction of sp³-hybridized carbons (Fsp3) is 0.312. The van der Waals surface area contributed by atoms with Crippen molar-refractivity contribution in [3.05, 3.63) is 45.8 Å². The van der Waals surface area contributed by atoms with Crippen LogP contribution in [0.15, 0.2) is 27.6 Å². The number of hydrogen-bond donors (Lipinski definition) is 2. The van der Waals surface area contributed by atoms with Gasteiger partial charge in [0.2, 0.25) is 17.6 Å². The van der Waals surface area contributed by atoms with E-state index in [0.29, 0.717) is 17.1 Å². The number of carbonyl (C=O) groups excluding carboxylic acids is 1. The monoisotopic (exact) mass is 341 g/mol. The van der Waals surface area contributed by atoms with E-state index in [1.54, 1.807) is 6.07 Å². The Balaban J connectivity index is 1.45. The summed E-state index contributed by atoms with van der Waals surface area (Å²) >= 11 is 0. The zero-order valence-corrected chi connectivity index (χ0v) is 13.2. The molecule has 0 saturated carbocycles. The van der Waals surface area contributed by atoms with Crippen molar-refractivity contribution in [2.75, 3.05) is 0 Å². The summed E-state index contributed by atoms with van der Waals surface area (Å²) in [5.41, 5.74) is 1.78. The summed E-state index contributed by atoms with van der Waals surface area (Å²) in [6, 6.07) is 3.05. The van der Waals surface area contributed by atoms with Crippen molar-refractivity contribution in [3.8, 4) is 17.3 Å². The number of fused-ring (bicyclic) bond motifs is 1. The Labute approximate surface area is 141 Å². The lowest BCUT2D eigenvalue weighted by Gasteiger charge is -2.03. The van der Waals surface area contributed by atoms with Crippen LogP contribution in [0.5, 0.6) is 5.75 Å². The molecule has 128 valence electrons. The average molecular weight is 341 g/mol. The Morgan fingerprint density at radius 3 is 3.04 bits per heavy atom. The molecule has 0 amide bonds. The normalized spacial score (nSPS) is 13.1. The number of aryl methyl sites for hydroxylation is 1. The van der Waals surface area contributed by atoms with Crippen molar-refractivity contribution in [2.45, 2.75) is 32.1 Å². The van der Waals surface area contributed by atoms with Gasteiger partial charge < -0.3 is 9.63 Å². The number of hydrogen-bond acceptors (Lipinski definition) is 7. The molecule has 0 saturated heterocycles. The van der Waals surface area contributed by atoms with Gasteiger partial charge in [-0.25, -0.2) is 9.67 Å². The molecule has 2 N–H and O–H groups in total. The Morgan fingerprint density at radius 1 is 1.36 bits per heavy atom. The largest absolute Gasteiger partial charge is 0.506 e. The van der Waals surface area contributed by atoms with Crippen molar-refractivity contribution in [1.82, 2.24) is 24.9 Å². The molecule has 0 aromatic carbocycles. The number of aromatic hydroxyl groups is 1. The van der Waals surface area contributed by atoms with Crippen molar-refractivity contribution < 1.29 is 14.4 Å². The van der Waals surface area contributed by atoms with E-state index in [-0.39, 0.29) is 35.9 Å². The minimum atomic E-state index is -0.206. The molecule has 3 aromatic heterocycles. The number of rotatable bonds is 4. The van der Waals surface area contributed by atoms with Crippen LogP contribution in [0.4, 0.5) is 0 Å². The zero-order valence-electron chi connectivity index (χ0n) is 13.2. The summed E-state index contributed by atoms with van der Waals surface area (Å²) in [6.45, 7) is 0. The summed E-state index contributed by atoms with van der Waals surface area (Å²) in [5.74, 6) is 0.441. The second-order valence-corrected chi connectivity index (χ2v) is 5.86. The molecule has 0 fully saturated rings. The molecule has 0 bridgehead atoms. The van der Waals surface area contributed by atoms with Crippen molar-refractivity contribution in [2.24, 2.45) is 0 Å². The van der Waals surface area contributed by atoms with E-state index in [0.717, 1.165) is 25.0 Å². The first-order chi connectivity index (χ1) is 12.1. The minimum absolute atomic E-state index is 0.0475.